The fourth-order valence-electron chi connectivity index (χ4n) is 3.12. The quantitative estimate of drug-likeness (QED) is 0.568. The number of methoxy groups -OCH3 is 2. The predicted octanol–water partition coefficient (Wildman–Crippen LogP) is 1.68. The molecule has 1 fully saturated rings. The Balaban J connectivity index is 2.02. The Labute approximate surface area is 165 Å². The van der Waals surface area contributed by atoms with Crippen LogP contribution in [0.2, 0.25) is 0 Å². The number of hydrogen-bond donors (Lipinski definition) is 0. The highest BCUT2D eigenvalue weighted by atomic mass is 32.2. The first kappa shape index (κ1) is 22.0. The van der Waals surface area contributed by atoms with Crippen molar-refractivity contribution in [3.8, 4) is 11.5 Å². The molecule has 156 valence electrons. The number of hydrogen-bond acceptors (Lipinski definition) is 7. The maximum atomic E-state index is 12.6. The number of nitrogens with zero attached hydrogens (tertiary/aromatic N) is 1. The zero-order valence-corrected chi connectivity index (χ0v) is 17.3. The zero-order valence-electron chi connectivity index (χ0n) is 16.5. The third-order valence-corrected chi connectivity index (χ3v) is 6.42. The van der Waals surface area contributed by atoms with Crippen molar-refractivity contribution in [3.63, 3.8) is 0 Å². The van der Waals surface area contributed by atoms with Gasteiger partial charge < -0.3 is 19.1 Å². The maximum absolute atomic E-state index is 12.6. The average molecular weight is 413 g/mol. The molecule has 9 heteroatoms. The van der Waals surface area contributed by atoms with Crippen LogP contribution in [0.4, 0.5) is 0 Å². The molecule has 1 aliphatic rings. The van der Waals surface area contributed by atoms with E-state index in [4.69, 9.17) is 14.2 Å². The minimum absolute atomic E-state index is 0.0356. The Morgan fingerprint density at radius 3 is 2.46 bits per heavy atom. The first-order valence-electron chi connectivity index (χ1n) is 9.20. The number of sulfone groups is 1. The first-order chi connectivity index (χ1) is 13.3. The molecule has 0 aromatic heterocycles. The van der Waals surface area contributed by atoms with Gasteiger partial charge in [0.1, 0.15) is 0 Å². The normalized spacial score (nSPS) is 17.8. The lowest BCUT2D eigenvalue weighted by atomic mass is 10.2. The van der Waals surface area contributed by atoms with Crippen LogP contribution >= 0.6 is 0 Å². The van der Waals surface area contributed by atoms with Crippen molar-refractivity contribution in [2.45, 2.75) is 32.2 Å². The molecule has 1 atom stereocenters. The van der Waals surface area contributed by atoms with Crippen molar-refractivity contribution in [2.75, 3.05) is 38.9 Å². The lowest BCUT2D eigenvalue weighted by Gasteiger charge is -2.28. The number of ether oxygens (including phenoxy) is 3. The first-order valence-corrected chi connectivity index (χ1v) is 11.0. The summed E-state index contributed by atoms with van der Waals surface area (Å²) in [6, 6.07) is 4.22. The third-order valence-electron chi connectivity index (χ3n) is 4.67. The molecule has 1 aromatic rings. The molecular weight excluding hydrogens is 386 g/mol. The molecule has 1 heterocycles. The van der Waals surface area contributed by atoms with Gasteiger partial charge in [-0.05, 0) is 31.0 Å². The Morgan fingerprint density at radius 2 is 1.89 bits per heavy atom. The molecule has 2 rings (SSSR count). The molecule has 1 amide bonds. The van der Waals surface area contributed by atoms with E-state index in [1.54, 1.807) is 6.07 Å². The molecule has 28 heavy (non-hydrogen) atoms. The van der Waals surface area contributed by atoms with Gasteiger partial charge in [-0.2, -0.15) is 0 Å². The van der Waals surface area contributed by atoms with Crippen LogP contribution in [0, 0.1) is 0 Å². The van der Waals surface area contributed by atoms with E-state index < -0.39 is 22.4 Å². The van der Waals surface area contributed by atoms with Gasteiger partial charge in [-0.3, -0.25) is 4.79 Å². The number of carbonyl (C=O) groups excluding carboxylic acids is 2. The topological polar surface area (TPSA) is 99.2 Å². The minimum Gasteiger partial charge on any atom is -0.493 e. The van der Waals surface area contributed by atoms with Gasteiger partial charge in [0.15, 0.2) is 27.9 Å². The van der Waals surface area contributed by atoms with Crippen LogP contribution in [-0.4, -0.2) is 70.1 Å². The largest absolute Gasteiger partial charge is 0.493 e. The maximum Gasteiger partial charge on any atom is 0.338 e. The van der Waals surface area contributed by atoms with E-state index in [9.17, 15) is 18.0 Å². The van der Waals surface area contributed by atoms with Gasteiger partial charge in [0, 0.05) is 12.6 Å². The van der Waals surface area contributed by atoms with Gasteiger partial charge in [-0.25, -0.2) is 13.2 Å². The van der Waals surface area contributed by atoms with Crippen molar-refractivity contribution < 1.29 is 32.2 Å². The van der Waals surface area contributed by atoms with Crippen LogP contribution in [0.15, 0.2) is 18.2 Å². The second-order valence-corrected chi connectivity index (χ2v) is 8.87. The van der Waals surface area contributed by atoms with E-state index in [0.29, 0.717) is 24.5 Å². The van der Waals surface area contributed by atoms with Gasteiger partial charge in [-0.15, -0.1) is 0 Å². The van der Waals surface area contributed by atoms with E-state index in [1.807, 2.05) is 6.92 Å². The summed E-state index contributed by atoms with van der Waals surface area (Å²) >= 11 is 0. The van der Waals surface area contributed by atoms with E-state index in [0.717, 1.165) is 12.8 Å². The number of amides is 1. The summed E-state index contributed by atoms with van der Waals surface area (Å²) in [4.78, 5) is 26.4. The second-order valence-electron chi connectivity index (χ2n) is 6.64. The van der Waals surface area contributed by atoms with E-state index >= 15 is 0 Å². The molecule has 0 radical (unpaired) electrons. The van der Waals surface area contributed by atoms with Crippen LogP contribution < -0.4 is 9.47 Å². The van der Waals surface area contributed by atoms with Gasteiger partial charge in [0.25, 0.3) is 5.91 Å². The van der Waals surface area contributed by atoms with Crippen LogP contribution in [-0.2, 0) is 19.4 Å². The molecule has 8 nitrogen and oxygen atoms in total. The monoisotopic (exact) mass is 413 g/mol. The van der Waals surface area contributed by atoms with Gasteiger partial charge >= 0.3 is 5.97 Å². The lowest BCUT2D eigenvalue weighted by molar-refractivity contribution is -0.136. The summed E-state index contributed by atoms with van der Waals surface area (Å²) in [6.45, 7) is 2.00. The van der Waals surface area contributed by atoms with E-state index in [2.05, 4.69) is 0 Å². The summed E-state index contributed by atoms with van der Waals surface area (Å²) in [5.74, 6) is -0.147. The number of unbranched alkanes of at least 4 members (excludes halogenated alkanes) is 1. The number of carbonyl (C=O) groups is 2. The highest BCUT2D eigenvalue weighted by Crippen LogP contribution is 2.27. The van der Waals surface area contributed by atoms with Gasteiger partial charge in [-0.1, -0.05) is 13.3 Å². The van der Waals surface area contributed by atoms with Gasteiger partial charge in [0.05, 0.1) is 31.3 Å². The SMILES string of the molecule is CCCCN(C(=O)COC(=O)c1ccc(OC)c(OC)c1)[C@H]1CCS(=O)(=O)C1. The standard InChI is InChI=1S/C19H27NO7S/c1-4-5-9-20(15-8-10-28(23,24)13-15)18(21)12-27-19(22)14-6-7-16(25-2)17(11-14)26-3/h6-7,11,15H,4-5,8-10,12-13H2,1-3H3/t15-/m0/s1. The van der Waals surface area contributed by atoms with Crippen LogP contribution in [0.3, 0.4) is 0 Å². The Morgan fingerprint density at radius 1 is 1.18 bits per heavy atom. The fraction of sp³-hybridized carbons (Fsp3) is 0.579. The Bertz CT molecular complexity index is 807. The highest BCUT2D eigenvalue weighted by Gasteiger charge is 2.34. The van der Waals surface area contributed by atoms with Crippen molar-refractivity contribution in [1.29, 1.82) is 0 Å². The lowest BCUT2D eigenvalue weighted by Crippen LogP contribution is -2.43. The molecule has 1 saturated heterocycles. The molecule has 0 spiro atoms. The summed E-state index contributed by atoms with van der Waals surface area (Å²) < 4.78 is 39.0. The van der Waals surface area contributed by atoms with Crippen molar-refractivity contribution in [1.82, 2.24) is 4.90 Å². The molecule has 0 bridgehead atoms. The molecular formula is C19H27NO7S. The number of esters is 1. The van der Waals surface area contributed by atoms with Crippen LogP contribution in [0.1, 0.15) is 36.5 Å². The Hall–Kier alpha value is -2.29. The summed E-state index contributed by atoms with van der Waals surface area (Å²) in [7, 11) is -0.170. The highest BCUT2D eigenvalue weighted by molar-refractivity contribution is 7.91. The van der Waals surface area contributed by atoms with Crippen LogP contribution in [0.25, 0.3) is 0 Å². The molecule has 1 aromatic carbocycles. The smallest absolute Gasteiger partial charge is 0.338 e. The van der Waals surface area contributed by atoms with Crippen molar-refractivity contribution in [2.24, 2.45) is 0 Å². The van der Waals surface area contributed by atoms with Crippen molar-refractivity contribution >= 4 is 21.7 Å². The molecule has 0 saturated carbocycles. The molecule has 1 aliphatic heterocycles. The fourth-order valence-corrected chi connectivity index (χ4v) is 4.85. The van der Waals surface area contributed by atoms with E-state index in [1.165, 1.54) is 31.3 Å². The molecule has 0 N–H and O–H groups in total. The summed E-state index contributed by atoms with van der Waals surface area (Å²) in [5, 5.41) is 0. The zero-order chi connectivity index (χ0) is 20.7. The van der Waals surface area contributed by atoms with Crippen molar-refractivity contribution in [3.05, 3.63) is 23.8 Å². The second kappa shape index (κ2) is 9.77. The van der Waals surface area contributed by atoms with Gasteiger partial charge in [0.2, 0.25) is 0 Å². The van der Waals surface area contributed by atoms with Crippen LogP contribution in [0.5, 0.6) is 11.5 Å². The summed E-state index contributed by atoms with van der Waals surface area (Å²) in [5.41, 5.74) is 0.231. The Kier molecular flexibility index (Phi) is 7.68. The molecule has 0 unspecified atom stereocenters. The minimum atomic E-state index is -3.12. The number of rotatable bonds is 9. The summed E-state index contributed by atoms with van der Waals surface area (Å²) in [6.07, 6.45) is 2.04. The predicted molar refractivity (Wildman–Crippen MR) is 104 cm³/mol. The molecule has 0 aliphatic carbocycles. The van der Waals surface area contributed by atoms with E-state index in [-0.39, 0.29) is 29.0 Å². The third kappa shape index (κ3) is 5.60. The average Bonchev–Trinajstić information content (AvgIpc) is 3.05. The number of benzene rings is 1.